The summed E-state index contributed by atoms with van der Waals surface area (Å²) in [7, 11) is -3.13. The van der Waals surface area contributed by atoms with Crippen molar-refractivity contribution in [3.05, 3.63) is 119 Å². The maximum atomic E-state index is 11.8. The molecule has 70 heavy (non-hydrogen) atoms. The zero-order chi connectivity index (χ0) is 51.3. The maximum Gasteiger partial charge on any atom is 0.332 e. The SMILES string of the molecule is CC(=O)ON=C(N)c1ccc(OCCCCCOc2ccc(C(N)=NOC(C)=O)cc2)cc1.CP(P=O)C(=O)NC(=N)c1ccc(OCCCCCOc2ccc(C(=N)NC(=O)P(C)P=O)cc2)cc1. The Morgan fingerprint density at radius 3 is 0.986 bits per heavy atom. The lowest BCUT2D eigenvalue weighted by molar-refractivity contribution is -0.141. The number of benzene rings is 4. The van der Waals surface area contributed by atoms with Crippen molar-refractivity contribution in [2.24, 2.45) is 21.8 Å². The highest BCUT2D eigenvalue weighted by molar-refractivity contribution is 8.24. The molecule has 0 bridgehead atoms. The van der Waals surface area contributed by atoms with Crippen LogP contribution in [0.5, 0.6) is 23.0 Å². The van der Waals surface area contributed by atoms with E-state index in [0.29, 0.717) is 71.7 Å². The number of nitrogens with zero attached hydrogens (tertiary/aromatic N) is 2. The van der Waals surface area contributed by atoms with Crippen LogP contribution in [-0.4, -0.2) is 86.3 Å². The first-order valence-electron chi connectivity index (χ1n) is 21.5. The smallest absolute Gasteiger partial charge is 0.332 e. The number of hydrogen-bond acceptors (Lipinski definition) is 16. The largest absolute Gasteiger partial charge is 0.494 e. The number of amidine groups is 4. The fourth-order valence-electron chi connectivity index (χ4n) is 5.33. The van der Waals surface area contributed by atoms with Crippen molar-refractivity contribution in [1.82, 2.24) is 10.6 Å². The third kappa shape index (κ3) is 22.6. The number of unbranched alkanes of at least 4 members (excludes halogenated alkanes) is 4. The average molecular weight is 1040 g/mol. The van der Waals surface area contributed by atoms with Gasteiger partial charge in [-0.1, -0.05) is 10.3 Å². The first-order chi connectivity index (χ1) is 33.6. The van der Waals surface area contributed by atoms with Gasteiger partial charge in [-0.2, -0.15) is 0 Å². The van der Waals surface area contributed by atoms with E-state index in [9.17, 15) is 28.3 Å². The third-order valence-corrected chi connectivity index (χ3v) is 13.5. The second kappa shape index (κ2) is 32.2. The van der Waals surface area contributed by atoms with Crippen molar-refractivity contribution in [2.45, 2.75) is 52.4 Å². The number of oxime groups is 2. The topological polar surface area (TPSA) is 306 Å². The van der Waals surface area contributed by atoms with Crippen LogP contribution in [0.1, 0.15) is 74.6 Å². The molecule has 2 atom stereocenters. The second-order valence-electron chi connectivity index (χ2n) is 14.6. The minimum Gasteiger partial charge on any atom is -0.494 e. The van der Waals surface area contributed by atoms with Gasteiger partial charge in [0, 0.05) is 36.1 Å². The van der Waals surface area contributed by atoms with Gasteiger partial charge in [-0.05, 0) is 149 Å². The molecular weight excluding hydrogens is 980 g/mol. The summed E-state index contributed by atoms with van der Waals surface area (Å²) in [5, 5.41) is 27.9. The molecule has 0 heterocycles. The van der Waals surface area contributed by atoms with E-state index in [1.54, 1.807) is 110 Å². The van der Waals surface area contributed by atoms with Gasteiger partial charge in [0.15, 0.2) is 28.0 Å². The molecule has 24 heteroatoms. The number of nitrogens with one attached hydrogen (secondary N) is 4. The first kappa shape index (κ1) is 57.6. The first-order valence-corrected chi connectivity index (χ1v) is 28.1. The van der Waals surface area contributed by atoms with Crippen LogP contribution in [0, 0.1) is 10.8 Å². The summed E-state index contributed by atoms with van der Waals surface area (Å²) in [6.45, 7) is 7.87. The molecule has 2 amide bonds. The molecule has 0 aliphatic heterocycles. The third-order valence-electron chi connectivity index (χ3n) is 9.08. The van der Waals surface area contributed by atoms with Crippen molar-refractivity contribution in [1.29, 1.82) is 10.8 Å². The summed E-state index contributed by atoms with van der Waals surface area (Å²) in [4.78, 5) is 54.1. The molecule has 0 aromatic heterocycles. The Labute approximate surface area is 411 Å². The average Bonchev–Trinajstić information content (AvgIpc) is 3.36. The normalized spacial score (nSPS) is 12.0. The molecule has 4 aromatic carbocycles. The molecule has 0 spiro atoms. The summed E-state index contributed by atoms with van der Waals surface area (Å²) in [6.07, 6.45) is 5.28. The van der Waals surface area contributed by atoms with Gasteiger partial charge in [-0.15, -0.1) is 0 Å². The van der Waals surface area contributed by atoms with E-state index in [4.69, 9.17) is 41.2 Å². The highest BCUT2D eigenvalue weighted by Crippen LogP contribution is 2.45. The van der Waals surface area contributed by atoms with Gasteiger partial charge in [0.2, 0.25) is 0 Å². The van der Waals surface area contributed by atoms with Crippen LogP contribution in [0.3, 0.4) is 0 Å². The Morgan fingerprint density at radius 1 is 0.486 bits per heavy atom. The number of ether oxygens (including phenoxy) is 4. The van der Waals surface area contributed by atoms with Gasteiger partial charge >= 0.3 is 11.9 Å². The van der Waals surface area contributed by atoms with Crippen LogP contribution in [0.4, 0.5) is 9.59 Å². The van der Waals surface area contributed by atoms with E-state index < -0.39 is 38.5 Å². The molecule has 4 aromatic rings. The molecule has 8 N–H and O–H groups in total. The lowest BCUT2D eigenvalue weighted by Gasteiger charge is -2.10. The number of rotatable bonds is 26. The van der Waals surface area contributed by atoms with E-state index >= 15 is 0 Å². The highest BCUT2D eigenvalue weighted by Gasteiger charge is 2.16. The second-order valence-corrected chi connectivity index (χ2v) is 22.4. The molecule has 4 rings (SSSR count). The van der Waals surface area contributed by atoms with Crippen LogP contribution in [0.25, 0.3) is 0 Å². The van der Waals surface area contributed by atoms with Crippen LogP contribution in [0.2, 0.25) is 0 Å². The highest BCUT2D eigenvalue weighted by atomic mass is 32.0. The molecule has 20 nitrogen and oxygen atoms in total. The summed E-state index contributed by atoms with van der Waals surface area (Å²) in [6, 6.07) is 27.8. The molecule has 0 radical (unpaired) electrons. The molecule has 0 aliphatic rings. The predicted molar refractivity (Wildman–Crippen MR) is 272 cm³/mol. The Balaban J connectivity index is 0.000000373. The zero-order valence-corrected chi connectivity index (χ0v) is 42.6. The number of amides is 2. The van der Waals surface area contributed by atoms with Crippen LogP contribution in [-0.2, 0) is 28.4 Å². The minimum atomic E-state index is -1.34. The Bertz CT molecular complexity index is 2260. The summed E-state index contributed by atoms with van der Waals surface area (Å²) >= 11 is 0. The Morgan fingerprint density at radius 2 is 0.743 bits per heavy atom. The molecule has 2 unspecified atom stereocenters. The van der Waals surface area contributed by atoms with Gasteiger partial charge in [-0.3, -0.25) is 29.5 Å². The molecule has 372 valence electrons. The number of hydrogen-bond donors (Lipinski definition) is 6. The monoisotopic (exact) mass is 1040 g/mol. The van der Waals surface area contributed by atoms with Crippen molar-refractivity contribution < 1.29 is 56.9 Å². The number of nitrogens with two attached hydrogens (primary N) is 2. The van der Waals surface area contributed by atoms with E-state index in [2.05, 4.69) is 30.6 Å². The maximum absolute atomic E-state index is 11.8. The Kier molecular flexibility index (Phi) is 26.5. The fraction of sp³-hybridized carbons (Fsp3) is 0.304. The van der Waals surface area contributed by atoms with Crippen molar-refractivity contribution in [2.75, 3.05) is 39.8 Å². The van der Waals surface area contributed by atoms with E-state index in [-0.39, 0.29) is 39.6 Å². The van der Waals surface area contributed by atoms with Crippen LogP contribution in [0.15, 0.2) is 107 Å². The van der Waals surface area contributed by atoms with Crippen molar-refractivity contribution in [3.63, 3.8) is 0 Å². The molecule has 0 saturated heterocycles. The van der Waals surface area contributed by atoms with Gasteiger partial charge in [-0.25, -0.2) is 9.59 Å². The number of carbonyl (C=O) groups is 4. The lowest BCUT2D eigenvalue weighted by Crippen LogP contribution is -2.27. The van der Waals surface area contributed by atoms with E-state index in [0.717, 1.165) is 38.5 Å². The van der Waals surface area contributed by atoms with Gasteiger partial charge in [0.1, 0.15) is 34.7 Å². The predicted octanol–water partition coefficient (Wildman–Crippen LogP) is 9.70. The summed E-state index contributed by atoms with van der Waals surface area (Å²) in [5.74, 6) is 1.85. The van der Waals surface area contributed by atoms with Crippen molar-refractivity contribution in [3.8, 4) is 23.0 Å². The minimum absolute atomic E-state index is 0.0416. The lowest BCUT2D eigenvalue weighted by atomic mass is 10.2. The van der Waals surface area contributed by atoms with Crippen LogP contribution >= 0.6 is 31.5 Å². The fourth-order valence-corrected chi connectivity index (χ4v) is 6.77. The van der Waals surface area contributed by atoms with Crippen molar-refractivity contribution >= 4 is 78.1 Å². The number of carbonyl (C=O) groups excluding carboxylic acids is 4. The zero-order valence-electron chi connectivity index (χ0n) is 39.0. The van der Waals surface area contributed by atoms with Crippen LogP contribution < -0.4 is 41.0 Å². The van der Waals surface area contributed by atoms with Gasteiger partial charge in [0.05, 0.1) is 41.6 Å². The molecule has 0 aliphatic carbocycles. The van der Waals surface area contributed by atoms with Gasteiger partial charge in [0.25, 0.3) is 11.3 Å². The molecular formula is C46H56N8O12P4. The van der Waals surface area contributed by atoms with Gasteiger partial charge < -0.3 is 50.7 Å². The summed E-state index contributed by atoms with van der Waals surface area (Å²) in [5.41, 5.74) is 13.0. The summed E-state index contributed by atoms with van der Waals surface area (Å²) < 4.78 is 44.4. The van der Waals surface area contributed by atoms with E-state index in [1.807, 2.05) is 0 Å². The quantitative estimate of drug-likeness (QED) is 0.00852. The van der Waals surface area contributed by atoms with E-state index in [1.165, 1.54) is 13.8 Å². The standard InChI is InChI=1S/C23H28N4O6P4.C23H28N4O6/c1-36(34-30)22(28)26-20(24)16-6-10-18(11-7-16)32-14-4-3-5-15-33-19-12-8-17(9-13-19)21(25)27-23(29)37(2)35-31;1-16(28)32-26-22(24)18-6-10-20(11-7-18)30-14-4-3-5-15-31-21-12-8-19(9-13-21)23(25)27-33-17(2)29/h6-13H,3-5,14-15H2,1-2H3,(H2,24,26,28)(H2,25,27,29);6-13H,3-5,14-15H2,1-2H3,(H2,24,26)(H2,25,27). The molecule has 0 saturated carbocycles. The Hall–Kier alpha value is -6.70. The molecule has 0 fully saturated rings.